The molecule has 0 amide bonds. The van der Waals surface area contributed by atoms with Crippen molar-refractivity contribution in [1.29, 1.82) is 0 Å². The molecule has 1 saturated heterocycles. The third kappa shape index (κ3) is 4.56. The second-order valence-electron chi connectivity index (χ2n) is 5.77. The van der Waals surface area contributed by atoms with Crippen molar-refractivity contribution in [2.45, 2.75) is 25.5 Å². The number of benzene rings is 1. The molecule has 112 valence electrons. The summed E-state index contributed by atoms with van der Waals surface area (Å²) in [5.41, 5.74) is 7.65. The minimum absolute atomic E-state index is 0.426. The lowest BCUT2D eigenvalue weighted by atomic mass is 10.1. The lowest BCUT2D eigenvalue weighted by Gasteiger charge is -2.23. The monoisotopic (exact) mass is 277 g/mol. The number of rotatable bonds is 7. The third-order valence-corrected chi connectivity index (χ3v) is 4.08. The molecule has 0 spiro atoms. The van der Waals surface area contributed by atoms with E-state index in [0.717, 1.165) is 24.2 Å². The van der Waals surface area contributed by atoms with Gasteiger partial charge in [0.25, 0.3) is 0 Å². The summed E-state index contributed by atoms with van der Waals surface area (Å²) in [5.74, 6) is 0. The molecule has 1 atom stereocenters. The largest absolute Gasteiger partial charge is 0.387 e. The number of likely N-dealkylation sites (N-methyl/N-ethyl adjacent to an activating group) is 1. The Morgan fingerprint density at radius 2 is 1.90 bits per heavy atom. The first-order chi connectivity index (χ1) is 9.69. The molecule has 0 saturated carbocycles. The summed E-state index contributed by atoms with van der Waals surface area (Å²) >= 11 is 0. The molecule has 1 aliphatic rings. The number of likely N-dealkylation sites (tertiary alicyclic amines) is 1. The van der Waals surface area contributed by atoms with Crippen LogP contribution in [0.5, 0.6) is 0 Å². The Labute approximate surface area is 122 Å². The van der Waals surface area contributed by atoms with Crippen molar-refractivity contribution in [2.75, 3.05) is 39.8 Å². The molecule has 1 aliphatic heterocycles. The summed E-state index contributed by atoms with van der Waals surface area (Å²) in [5, 5.41) is 10.3. The topological polar surface area (TPSA) is 52.7 Å². The average molecular weight is 277 g/mol. The van der Waals surface area contributed by atoms with Crippen LogP contribution in [0.25, 0.3) is 0 Å². The Bertz CT molecular complexity index is 387. The summed E-state index contributed by atoms with van der Waals surface area (Å²) in [7, 11) is 2.08. The van der Waals surface area contributed by atoms with Crippen LogP contribution in [-0.4, -0.2) is 54.7 Å². The van der Waals surface area contributed by atoms with E-state index in [9.17, 15) is 5.11 Å². The molecule has 2 rings (SSSR count). The summed E-state index contributed by atoms with van der Waals surface area (Å²) in [6, 6.07) is 7.92. The Morgan fingerprint density at radius 3 is 2.50 bits per heavy atom. The van der Waals surface area contributed by atoms with Gasteiger partial charge in [0, 0.05) is 26.2 Å². The van der Waals surface area contributed by atoms with Gasteiger partial charge in [-0.05, 0) is 44.1 Å². The van der Waals surface area contributed by atoms with Gasteiger partial charge >= 0.3 is 0 Å². The molecule has 0 aliphatic carbocycles. The highest BCUT2D eigenvalue weighted by molar-refractivity contribution is 5.24. The van der Waals surface area contributed by atoms with Crippen molar-refractivity contribution < 1.29 is 5.11 Å². The van der Waals surface area contributed by atoms with E-state index in [-0.39, 0.29) is 0 Å². The zero-order valence-corrected chi connectivity index (χ0v) is 12.5. The van der Waals surface area contributed by atoms with Gasteiger partial charge in [-0.3, -0.25) is 0 Å². The Hall–Kier alpha value is -0.940. The highest BCUT2D eigenvalue weighted by Crippen LogP contribution is 2.15. The molecule has 3 N–H and O–H groups in total. The van der Waals surface area contributed by atoms with Gasteiger partial charge in [0.1, 0.15) is 0 Å². The van der Waals surface area contributed by atoms with Gasteiger partial charge in [0.15, 0.2) is 0 Å². The molecular formula is C16H27N3O. The molecule has 1 aromatic carbocycles. The number of hydrogen-bond donors (Lipinski definition) is 2. The van der Waals surface area contributed by atoms with Crippen LogP contribution in [0.1, 0.15) is 30.1 Å². The number of aliphatic hydroxyl groups excluding tert-OH is 1. The lowest BCUT2D eigenvalue weighted by molar-refractivity contribution is 0.121. The first-order valence-corrected chi connectivity index (χ1v) is 7.57. The van der Waals surface area contributed by atoms with Gasteiger partial charge in [-0.1, -0.05) is 24.3 Å². The smallest absolute Gasteiger partial charge is 0.0916 e. The van der Waals surface area contributed by atoms with E-state index >= 15 is 0 Å². The van der Waals surface area contributed by atoms with E-state index in [4.69, 9.17) is 5.73 Å². The molecular weight excluding hydrogens is 250 g/mol. The molecule has 1 fully saturated rings. The number of hydrogen-bond acceptors (Lipinski definition) is 4. The summed E-state index contributed by atoms with van der Waals surface area (Å²) < 4.78 is 0. The first-order valence-electron chi connectivity index (χ1n) is 7.57. The first kappa shape index (κ1) is 15.4. The van der Waals surface area contributed by atoms with Crippen LogP contribution in [0.2, 0.25) is 0 Å². The molecule has 0 aromatic heterocycles. The van der Waals surface area contributed by atoms with E-state index < -0.39 is 6.10 Å². The highest BCUT2D eigenvalue weighted by Gasteiger charge is 2.14. The summed E-state index contributed by atoms with van der Waals surface area (Å²) in [6.07, 6.45) is 2.24. The Balaban J connectivity index is 1.75. The van der Waals surface area contributed by atoms with Gasteiger partial charge in [-0.25, -0.2) is 0 Å². The maximum absolute atomic E-state index is 10.3. The van der Waals surface area contributed by atoms with E-state index in [1.165, 1.54) is 25.9 Å². The zero-order valence-electron chi connectivity index (χ0n) is 12.5. The fourth-order valence-corrected chi connectivity index (χ4v) is 2.69. The van der Waals surface area contributed by atoms with Crippen molar-refractivity contribution in [3.8, 4) is 0 Å². The molecule has 4 nitrogen and oxygen atoms in total. The van der Waals surface area contributed by atoms with E-state index in [1.54, 1.807) is 0 Å². The van der Waals surface area contributed by atoms with Crippen LogP contribution >= 0.6 is 0 Å². The normalized spacial score (nSPS) is 17.8. The van der Waals surface area contributed by atoms with Gasteiger partial charge in [-0.15, -0.1) is 0 Å². The quantitative estimate of drug-likeness (QED) is 0.786. The van der Waals surface area contributed by atoms with Crippen LogP contribution in [0, 0.1) is 0 Å². The molecule has 1 heterocycles. The van der Waals surface area contributed by atoms with Crippen molar-refractivity contribution in [1.82, 2.24) is 9.80 Å². The molecule has 1 unspecified atom stereocenters. The second kappa shape index (κ2) is 7.74. The predicted molar refractivity (Wildman–Crippen MR) is 82.5 cm³/mol. The van der Waals surface area contributed by atoms with Crippen molar-refractivity contribution in [3.05, 3.63) is 35.4 Å². The van der Waals surface area contributed by atoms with E-state index in [0.29, 0.717) is 13.1 Å². The van der Waals surface area contributed by atoms with E-state index in [1.807, 2.05) is 24.3 Å². The fraction of sp³-hybridized carbons (Fsp3) is 0.625. The molecule has 1 aromatic rings. The molecule has 0 radical (unpaired) electrons. The average Bonchev–Trinajstić information content (AvgIpc) is 2.98. The lowest BCUT2D eigenvalue weighted by Crippen LogP contribution is -2.33. The van der Waals surface area contributed by atoms with Gasteiger partial charge < -0.3 is 20.6 Å². The van der Waals surface area contributed by atoms with Crippen molar-refractivity contribution in [3.63, 3.8) is 0 Å². The third-order valence-electron chi connectivity index (χ3n) is 4.08. The van der Waals surface area contributed by atoms with Crippen LogP contribution in [0.3, 0.4) is 0 Å². The van der Waals surface area contributed by atoms with E-state index in [2.05, 4.69) is 16.8 Å². The Morgan fingerprint density at radius 1 is 1.25 bits per heavy atom. The van der Waals surface area contributed by atoms with Crippen LogP contribution < -0.4 is 5.73 Å². The van der Waals surface area contributed by atoms with Crippen LogP contribution in [0.4, 0.5) is 0 Å². The van der Waals surface area contributed by atoms with Crippen LogP contribution in [0.15, 0.2) is 24.3 Å². The van der Waals surface area contributed by atoms with Gasteiger partial charge in [-0.2, -0.15) is 0 Å². The molecule has 0 bridgehead atoms. The SMILES string of the molecule is CN(CCN1CCCC1)CC(O)c1ccc(CN)cc1. The second-order valence-corrected chi connectivity index (χ2v) is 5.77. The maximum atomic E-state index is 10.3. The predicted octanol–water partition coefficient (Wildman–Crippen LogP) is 1.21. The maximum Gasteiger partial charge on any atom is 0.0916 e. The minimum atomic E-state index is -0.426. The number of nitrogens with zero attached hydrogens (tertiary/aromatic N) is 2. The minimum Gasteiger partial charge on any atom is -0.387 e. The standard InChI is InChI=1S/C16H27N3O/c1-18(10-11-19-8-2-3-9-19)13-16(20)15-6-4-14(12-17)5-7-15/h4-7,16,20H,2-3,8-13,17H2,1H3. The zero-order chi connectivity index (χ0) is 14.4. The molecule has 4 heteroatoms. The number of nitrogens with two attached hydrogens (primary N) is 1. The van der Waals surface area contributed by atoms with Gasteiger partial charge in [0.2, 0.25) is 0 Å². The Kier molecular flexibility index (Phi) is 5.98. The highest BCUT2D eigenvalue weighted by atomic mass is 16.3. The summed E-state index contributed by atoms with van der Waals surface area (Å²) in [4.78, 5) is 4.71. The van der Waals surface area contributed by atoms with Crippen molar-refractivity contribution >= 4 is 0 Å². The fourth-order valence-electron chi connectivity index (χ4n) is 2.69. The number of aliphatic hydroxyl groups is 1. The van der Waals surface area contributed by atoms with Crippen LogP contribution in [-0.2, 0) is 6.54 Å². The summed E-state index contributed by atoms with van der Waals surface area (Å²) in [6.45, 7) is 5.81. The van der Waals surface area contributed by atoms with Crippen molar-refractivity contribution in [2.24, 2.45) is 5.73 Å². The van der Waals surface area contributed by atoms with Gasteiger partial charge in [0.05, 0.1) is 6.10 Å². The molecule has 20 heavy (non-hydrogen) atoms.